The van der Waals surface area contributed by atoms with Crippen LogP contribution < -0.4 is 4.90 Å². The number of nitrogens with zero attached hydrogens (tertiary/aromatic N) is 2. The highest BCUT2D eigenvalue weighted by Crippen LogP contribution is 2.41. The van der Waals surface area contributed by atoms with Crippen LogP contribution in [-0.4, -0.2) is 4.57 Å². The molecule has 59 heavy (non-hydrogen) atoms. The number of furan rings is 1. The summed E-state index contributed by atoms with van der Waals surface area (Å²) >= 11 is 0. The normalized spacial score (nSPS) is 11.7. The highest BCUT2D eigenvalue weighted by molar-refractivity contribution is 6.18. The Kier molecular flexibility index (Phi) is 7.54. The molecule has 0 saturated carbocycles. The fraction of sp³-hybridized carbons (Fsp3) is 0. The molecule has 0 unspecified atom stereocenters. The minimum absolute atomic E-state index is 0.869. The van der Waals surface area contributed by atoms with Gasteiger partial charge in [0.2, 0.25) is 0 Å². The molecule has 2 aromatic heterocycles. The minimum atomic E-state index is 0.869. The summed E-state index contributed by atoms with van der Waals surface area (Å²) in [5.41, 5.74) is 13.3. The van der Waals surface area contributed by atoms with Crippen LogP contribution in [0.15, 0.2) is 223 Å². The third-order valence-corrected chi connectivity index (χ3v) is 12.0. The van der Waals surface area contributed by atoms with Crippen molar-refractivity contribution in [2.75, 3.05) is 4.90 Å². The number of anilines is 3. The number of para-hydroxylation sites is 2. The lowest BCUT2D eigenvalue weighted by Crippen LogP contribution is -2.09. The van der Waals surface area contributed by atoms with Gasteiger partial charge in [-0.25, -0.2) is 0 Å². The molecule has 2 heterocycles. The van der Waals surface area contributed by atoms with Crippen LogP contribution in [0.5, 0.6) is 0 Å². The first-order valence-electron chi connectivity index (χ1n) is 20.2. The van der Waals surface area contributed by atoms with Crippen molar-refractivity contribution in [2.24, 2.45) is 0 Å². The van der Waals surface area contributed by atoms with Crippen LogP contribution in [0.25, 0.3) is 93.2 Å². The third-order valence-electron chi connectivity index (χ3n) is 12.0. The van der Waals surface area contributed by atoms with Crippen LogP contribution in [0.2, 0.25) is 0 Å². The van der Waals surface area contributed by atoms with Crippen molar-refractivity contribution >= 4 is 82.4 Å². The average molecular weight is 753 g/mol. The van der Waals surface area contributed by atoms with Gasteiger partial charge in [-0.3, -0.25) is 0 Å². The summed E-state index contributed by atoms with van der Waals surface area (Å²) in [5, 5.41) is 9.77. The van der Waals surface area contributed by atoms with Gasteiger partial charge in [-0.15, -0.1) is 0 Å². The minimum Gasteiger partial charge on any atom is -0.456 e. The van der Waals surface area contributed by atoms with Crippen molar-refractivity contribution in [3.05, 3.63) is 218 Å². The molecule has 0 bridgehead atoms. The summed E-state index contributed by atoms with van der Waals surface area (Å²) in [7, 11) is 0. The molecule has 3 nitrogen and oxygen atoms in total. The Morgan fingerprint density at radius 1 is 0.339 bits per heavy atom. The number of fused-ring (bicyclic) bond motifs is 9. The Bertz CT molecular complexity index is 3530. The molecule has 0 aliphatic rings. The highest BCUT2D eigenvalue weighted by atomic mass is 16.3. The Morgan fingerprint density at radius 3 is 1.64 bits per heavy atom. The maximum Gasteiger partial charge on any atom is 0.137 e. The van der Waals surface area contributed by atoms with E-state index in [-0.39, 0.29) is 0 Å². The molecule has 0 atom stereocenters. The second-order valence-electron chi connectivity index (χ2n) is 15.3. The SMILES string of the molecule is c1ccc2c(-c3ccc(N(c4ccc(-c5ccc(-n6c7ccccc7c7ccc8ccccc8c76)cc5)cc4)c4ccc5c(c4)oc4ccccc45)cc3)cccc2c1. The van der Waals surface area contributed by atoms with E-state index in [9.17, 15) is 0 Å². The van der Waals surface area contributed by atoms with E-state index in [0.717, 1.165) is 50.3 Å². The molecule has 3 heteroatoms. The zero-order chi connectivity index (χ0) is 38.9. The summed E-state index contributed by atoms with van der Waals surface area (Å²) in [6.07, 6.45) is 0. The molecule has 0 saturated heterocycles. The van der Waals surface area contributed by atoms with Crippen LogP contribution in [0.4, 0.5) is 17.1 Å². The Hall–Kier alpha value is -7.88. The molecular weight excluding hydrogens is 717 g/mol. The predicted molar refractivity (Wildman–Crippen MR) is 249 cm³/mol. The first kappa shape index (κ1) is 33.3. The quantitative estimate of drug-likeness (QED) is 0.169. The molecule has 0 amide bonds. The van der Waals surface area contributed by atoms with E-state index in [2.05, 4.69) is 216 Å². The van der Waals surface area contributed by atoms with E-state index in [1.807, 2.05) is 12.1 Å². The van der Waals surface area contributed by atoms with E-state index in [1.165, 1.54) is 60.0 Å². The molecule has 12 rings (SSSR count). The zero-order valence-electron chi connectivity index (χ0n) is 32.1. The number of hydrogen-bond donors (Lipinski definition) is 0. The van der Waals surface area contributed by atoms with Gasteiger partial charge in [0.25, 0.3) is 0 Å². The van der Waals surface area contributed by atoms with Crippen LogP contribution >= 0.6 is 0 Å². The van der Waals surface area contributed by atoms with Crippen molar-refractivity contribution < 1.29 is 4.42 Å². The maximum absolute atomic E-state index is 6.39. The summed E-state index contributed by atoms with van der Waals surface area (Å²) in [5.74, 6) is 0. The number of hydrogen-bond acceptors (Lipinski definition) is 2. The van der Waals surface area contributed by atoms with Crippen molar-refractivity contribution in [3.8, 4) is 27.9 Å². The van der Waals surface area contributed by atoms with Crippen molar-refractivity contribution in [2.45, 2.75) is 0 Å². The number of rotatable bonds is 6. The Balaban J connectivity index is 0.931. The fourth-order valence-corrected chi connectivity index (χ4v) is 9.17. The number of aromatic nitrogens is 1. The van der Waals surface area contributed by atoms with E-state index in [0.29, 0.717) is 0 Å². The van der Waals surface area contributed by atoms with E-state index in [4.69, 9.17) is 4.42 Å². The topological polar surface area (TPSA) is 21.3 Å². The van der Waals surface area contributed by atoms with Crippen molar-refractivity contribution in [1.82, 2.24) is 4.57 Å². The van der Waals surface area contributed by atoms with E-state index < -0.39 is 0 Å². The van der Waals surface area contributed by atoms with Crippen molar-refractivity contribution in [3.63, 3.8) is 0 Å². The van der Waals surface area contributed by atoms with Gasteiger partial charge in [0.1, 0.15) is 11.2 Å². The van der Waals surface area contributed by atoms with Gasteiger partial charge in [0.15, 0.2) is 0 Å². The molecule has 0 fully saturated rings. The van der Waals surface area contributed by atoms with Crippen LogP contribution in [0.1, 0.15) is 0 Å². The molecule has 0 aliphatic carbocycles. The molecule has 10 aromatic carbocycles. The smallest absolute Gasteiger partial charge is 0.137 e. The summed E-state index contributed by atoms with van der Waals surface area (Å²) in [6, 6.07) is 78.7. The van der Waals surface area contributed by atoms with Gasteiger partial charge in [-0.2, -0.15) is 0 Å². The van der Waals surface area contributed by atoms with E-state index in [1.54, 1.807) is 0 Å². The Morgan fingerprint density at radius 2 is 0.881 bits per heavy atom. The lowest BCUT2D eigenvalue weighted by molar-refractivity contribution is 0.669. The lowest BCUT2D eigenvalue weighted by Gasteiger charge is -2.26. The zero-order valence-corrected chi connectivity index (χ0v) is 32.1. The summed E-state index contributed by atoms with van der Waals surface area (Å²) in [4.78, 5) is 2.32. The second kappa shape index (κ2) is 13.4. The second-order valence-corrected chi connectivity index (χ2v) is 15.3. The highest BCUT2D eigenvalue weighted by Gasteiger charge is 2.18. The third kappa shape index (κ3) is 5.44. The van der Waals surface area contributed by atoms with Gasteiger partial charge in [-0.1, -0.05) is 152 Å². The van der Waals surface area contributed by atoms with Crippen LogP contribution in [0, 0.1) is 0 Å². The van der Waals surface area contributed by atoms with Crippen LogP contribution in [0.3, 0.4) is 0 Å². The first-order valence-corrected chi connectivity index (χ1v) is 20.2. The van der Waals surface area contributed by atoms with Gasteiger partial charge < -0.3 is 13.9 Å². The van der Waals surface area contributed by atoms with Gasteiger partial charge in [-0.05, 0) is 99.1 Å². The standard InChI is InChI=1S/C56H36N2O/c1-3-13-46-39(10-1)12-9-17-47(46)41-24-31-43(32-25-41)57(45-33-35-51-50-16-6-8-19-54(50)59-55(51)36-45)42-27-20-37(21-28-42)38-22-29-44(30-23-38)58-53-18-7-5-15-49(53)52-34-26-40-11-2-4-14-48(40)56(52)58/h1-36H. The van der Waals surface area contributed by atoms with Gasteiger partial charge >= 0.3 is 0 Å². The maximum atomic E-state index is 6.39. The largest absolute Gasteiger partial charge is 0.456 e. The molecule has 0 spiro atoms. The molecule has 0 aliphatic heterocycles. The van der Waals surface area contributed by atoms with Crippen LogP contribution in [-0.2, 0) is 0 Å². The molecule has 12 aromatic rings. The van der Waals surface area contributed by atoms with Gasteiger partial charge in [0.05, 0.1) is 11.0 Å². The predicted octanol–water partition coefficient (Wildman–Crippen LogP) is 15.8. The first-order chi connectivity index (χ1) is 29.2. The Labute approximate surface area is 341 Å². The lowest BCUT2D eigenvalue weighted by atomic mass is 9.98. The summed E-state index contributed by atoms with van der Waals surface area (Å²) in [6.45, 7) is 0. The molecule has 0 radical (unpaired) electrons. The van der Waals surface area contributed by atoms with Crippen molar-refractivity contribution in [1.29, 1.82) is 0 Å². The number of benzene rings is 10. The summed E-state index contributed by atoms with van der Waals surface area (Å²) < 4.78 is 8.80. The molecule has 276 valence electrons. The monoisotopic (exact) mass is 752 g/mol. The molecular formula is C56H36N2O. The molecule has 0 N–H and O–H groups in total. The fourth-order valence-electron chi connectivity index (χ4n) is 9.17. The average Bonchev–Trinajstić information content (AvgIpc) is 3.85. The van der Waals surface area contributed by atoms with Gasteiger partial charge in [0, 0.05) is 55.7 Å². The van der Waals surface area contributed by atoms with E-state index >= 15 is 0 Å².